The van der Waals surface area contributed by atoms with Gasteiger partial charge in [0, 0.05) is 6.20 Å². The molecule has 0 aliphatic carbocycles. The number of aromatic nitrogens is 2. The average molecular weight is 351 g/mol. The number of rotatable bonds is 3. The third-order valence-corrected chi connectivity index (χ3v) is 4.33. The van der Waals surface area contributed by atoms with Crippen LogP contribution in [0.4, 0.5) is 18.3 Å². The summed E-state index contributed by atoms with van der Waals surface area (Å²) in [5.41, 5.74) is 0.927. The van der Waals surface area contributed by atoms with Gasteiger partial charge < -0.3 is 0 Å². The summed E-state index contributed by atoms with van der Waals surface area (Å²) in [4.78, 5) is 19.7. The van der Waals surface area contributed by atoms with E-state index in [0.717, 1.165) is 40.5 Å². The summed E-state index contributed by atoms with van der Waals surface area (Å²) in [7, 11) is 0. The fourth-order valence-electron chi connectivity index (χ4n) is 2.11. The molecular weight excluding hydrogens is 339 g/mol. The summed E-state index contributed by atoms with van der Waals surface area (Å²) in [5.74, 6) is -0.550. The molecule has 0 bridgehead atoms. The Hall–Kier alpha value is -2.48. The van der Waals surface area contributed by atoms with Crippen molar-refractivity contribution in [2.24, 2.45) is 0 Å². The molecule has 0 fully saturated rings. The van der Waals surface area contributed by atoms with E-state index in [4.69, 9.17) is 0 Å². The lowest BCUT2D eigenvalue weighted by Crippen LogP contribution is -2.14. The van der Waals surface area contributed by atoms with Crippen LogP contribution in [0.5, 0.6) is 0 Å². The number of anilines is 1. The van der Waals surface area contributed by atoms with Crippen molar-refractivity contribution in [2.45, 2.75) is 19.5 Å². The number of aryl methyl sites for hydroxylation is 1. The third-order valence-electron chi connectivity index (χ3n) is 3.40. The molecule has 0 spiro atoms. The number of fused-ring (bicyclic) bond motifs is 1. The van der Waals surface area contributed by atoms with Crippen LogP contribution in [0.3, 0.4) is 0 Å². The second-order valence-electron chi connectivity index (χ2n) is 5.06. The summed E-state index contributed by atoms with van der Waals surface area (Å²) in [6, 6.07) is 7.71. The van der Waals surface area contributed by atoms with E-state index in [1.165, 1.54) is 11.3 Å². The van der Waals surface area contributed by atoms with E-state index in [1.54, 1.807) is 0 Å². The number of nitrogens with one attached hydrogen (secondary N) is 1. The van der Waals surface area contributed by atoms with Crippen molar-refractivity contribution < 1.29 is 18.0 Å². The van der Waals surface area contributed by atoms with Gasteiger partial charge in [-0.25, -0.2) is 4.98 Å². The monoisotopic (exact) mass is 351 g/mol. The standard InChI is InChI=1S/C16H12F3N3OS/c1-2-9-3-5-11-12(7-9)24-15(21-11)22-14(23)10-4-6-13(20-8-10)16(17,18)19/h3-8H,2H2,1H3,(H,21,22,23). The summed E-state index contributed by atoms with van der Waals surface area (Å²) in [6.45, 7) is 2.04. The van der Waals surface area contributed by atoms with Crippen LogP contribution in [0.1, 0.15) is 28.5 Å². The molecule has 2 heterocycles. The van der Waals surface area contributed by atoms with Gasteiger partial charge >= 0.3 is 6.18 Å². The minimum absolute atomic E-state index is 0.0384. The molecule has 1 N–H and O–H groups in total. The second-order valence-corrected chi connectivity index (χ2v) is 6.09. The second kappa shape index (κ2) is 6.20. The lowest BCUT2D eigenvalue weighted by Gasteiger charge is -2.06. The van der Waals surface area contributed by atoms with E-state index < -0.39 is 17.8 Å². The number of carbonyl (C=O) groups excluding carboxylic acids is 1. The van der Waals surface area contributed by atoms with Crippen molar-refractivity contribution in [1.29, 1.82) is 0 Å². The molecule has 4 nitrogen and oxygen atoms in total. The van der Waals surface area contributed by atoms with Gasteiger partial charge in [-0.3, -0.25) is 15.1 Å². The van der Waals surface area contributed by atoms with Crippen LogP contribution in [0.25, 0.3) is 10.2 Å². The molecule has 0 aliphatic rings. The van der Waals surface area contributed by atoms with Gasteiger partial charge in [-0.05, 0) is 36.2 Å². The van der Waals surface area contributed by atoms with Crippen LogP contribution < -0.4 is 5.32 Å². The number of thiazole rings is 1. The zero-order valence-electron chi connectivity index (χ0n) is 12.5. The van der Waals surface area contributed by atoms with Crippen LogP contribution in [-0.2, 0) is 12.6 Å². The third kappa shape index (κ3) is 3.38. The maximum absolute atomic E-state index is 12.5. The molecule has 2 aromatic heterocycles. The highest BCUT2D eigenvalue weighted by molar-refractivity contribution is 7.22. The molecule has 1 aromatic carbocycles. The Morgan fingerprint density at radius 3 is 2.67 bits per heavy atom. The normalized spacial score (nSPS) is 11.7. The molecule has 1 amide bonds. The van der Waals surface area contributed by atoms with Crippen LogP contribution in [0.15, 0.2) is 36.5 Å². The predicted molar refractivity (Wildman–Crippen MR) is 86.2 cm³/mol. The number of alkyl halides is 3. The van der Waals surface area contributed by atoms with Crippen molar-refractivity contribution in [1.82, 2.24) is 9.97 Å². The van der Waals surface area contributed by atoms with E-state index in [0.29, 0.717) is 5.13 Å². The number of amides is 1. The zero-order valence-corrected chi connectivity index (χ0v) is 13.3. The smallest absolute Gasteiger partial charge is 0.298 e. The highest BCUT2D eigenvalue weighted by atomic mass is 32.1. The first-order valence-electron chi connectivity index (χ1n) is 7.11. The van der Waals surface area contributed by atoms with Gasteiger partial charge in [0.25, 0.3) is 5.91 Å². The first-order chi connectivity index (χ1) is 11.4. The van der Waals surface area contributed by atoms with E-state index >= 15 is 0 Å². The highest BCUT2D eigenvalue weighted by Gasteiger charge is 2.32. The van der Waals surface area contributed by atoms with Gasteiger partial charge in [0.05, 0.1) is 15.8 Å². The molecule has 0 saturated heterocycles. The quantitative estimate of drug-likeness (QED) is 0.754. The molecule has 0 radical (unpaired) electrons. The van der Waals surface area contributed by atoms with Gasteiger partial charge in [-0.2, -0.15) is 13.2 Å². The molecule has 0 unspecified atom stereocenters. The van der Waals surface area contributed by atoms with Gasteiger partial charge in [-0.1, -0.05) is 24.3 Å². The Balaban J connectivity index is 1.79. The number of halogens is 3. The number of hydrogen-bond donors (Lipinski definition) is 1. The number of carbonyl (C=O) groups is 1. The summed E-state index contributed by atoms with van der Waals surface area (Å²) in [5, 5.41) is 2.98. The van der Waals surface area contributed by atoms with Crippen LogP contribution in [-0.4, -0.2) is 15.9 Å². The largest absolute Gasteiger partial charge is 0.433 e. The Morgan fingerprint density at radius 1 is 1.25 bits per heavy atom. The van der Waals surface area contributed by atoms with Crippen LogP contribution >= 0.6 is 11.3 Å². The number of hydrogen-bond acceptors (Lipinski definition) is 4. The summed E-state index contributed by atoms with van der Waals surface area (Å²) < 4.78 is 38.4. The highest BCUT2D eigenvalue weighted by Crippen LogP contribution is 2.28. The van der Waals surface area contributed by atoms with Crippen molar-refractivity contribution in [3.8, 4) is 0 Å². The first kappa shape index (κ1) is 16.4. The van der Waals surface area contributed by atoms with E-state index in [1.807, 2.05) is 25.1 Å². The Bertz CT molecular complexity index is 888. The van der Waals surface area contributed by atoms with E-state index in [2.05, 4.69) is 15.3 Å². The van der Waals surface area contributed by atoms with Crippen molar-refractivity contribution in [2.75, 3.05) is 5.32 Å². The zero-order chi connectivity index (χ0) is 17.3. The molecule has 124 valence electrons. The fraction of sp³-hybridized carbons (Fsp3) is 0.188. The van der Waals surface area contributed by atoms with Crippen LogP contribution in [0, 0.1) is 0 Å². The molecule has 24 heavy (non-hydrogen) atoms. The fourth-order valence-corrected chi connectivity index (χ4v) is 3.03. The number of pyridine rings is 1. The lowest BCUT2D eigenvalue weighted by atomic mass is 10.2. The number of benzene rings is 1. The van der Waals surface area contributed by atoms with E-state index in [-0.39, 0.29) is 5.56 Å². The van der Waals surface area contributed by atoms with Gasteiger partial charge in [0.1, 0.15) is 5.69 Å². The maximum Gasteiger partial charge on any atom is 0.433 e. The summed E-state index contributed by atoms with van der Waals surface area (Å²) >= 11 is 1.31. The summed E-state index contributed by atoms with van der Waals surface area (Å²) in [6.07, 6.45) is -2.73. The lowest BCUT2D eigenvalue weighted by molar-refractivity contribution is -0.141. The average Bonchev–Trinajstić information content (AvgIpc) is 2.95. The molecule has 0 saturated carbocycles. The van der Waals surface area contributed by atoms with Crippen molar-refractivity contribution in [3.63, 3.8) is 0 Å². The minimum Gasteiger partial charge on any atom is -0.298 e. The first-order valence-corrected chi connectivity index (χ1v) is 7.92. The molecular formula is C16H12F3N3OS. The van der Waals surface area contributed by atoms with Gasteiger partial charge in [0.15, 0.2) is 5.13 Å². The Kier molecular flexibility index (Phi) is 4.23. The van der Waals surface area contributed by atoms with E-state index in [9.17, 15) is 18.0 Å². The minimum atomic E-state index is -4.53. The topological polar surface area (TPSA) is 54.9 Å². The van der Waals surface area contributed by atoms with Gasteiger partial charge in [0.2, 0.25) is 0 Å². The Labute approximate surface area is 139 Å². The molecule has 3 aromatic rings. The maximum atomic E-state index is 12.5. The number of nitrogens with zero attached hydrogens (tertiary/aromatic N) is 2. The molecule has 8 heteroatoms. The van der Waals surface area contributed by atoms with Gasteiger partial charge in [-0.15, -0.1) is 0 Å². The molecule has 0 atom stereocenters. The SMILES string of the molecule is CCc1ccc2nc(NC(=O)c3ccc(C(F)(F)F)nc3)sc2c1. The van der Waals surface area contributed by atoms with Crippen molar-refractivity contribution in [3.05, 3.63) is 53.3 Å². The Morgan fingerprint density at radius 2 is 2.04 bits per heavy atom. The molecule has 3 rings (SSSR count). The van der Waals surface area contributed by atoms with Crippen molar-refractivity contribution >= 4 is 32.6 Å². The van der Waals surface area contributed by atoms with Crippen LogP contribution in [0.2, 0.25) is 0 Å². The molecule has 0 aliphatic heterocycles. The predicted octanol–water partition coefficient (Wildman–Crippen LogP) is 4.52.